The van der Waals surface area contributed by atoms with E-state index >= 15 is 0 Å². The minimum absolute atomic E-state index is 0.0829. The third-order valence-corrected chi connectivity index (χ3v) is 5.43. The van der Waals surface area contributed by atoms with Gasteiger partial charge in [-0.05, 0) is 29.8 Å². The molecule has 29 heavy (non-hydrogen) atoms. The van der Waals surface area contributed by atoms with Crippen molar-refractivity contribution in [3.63, 3.8) is 0 Å². The molecule has 0 aliphatic carbocycles. The van der Waals surface area contributed by atoms with Gasteiger partial charge in [0.15, 0.2) is 9.84 Å². The molecule has 0 saturated heterocycles. The predicted octanol–water partition coefficient (Wildman–Crippen LogP) is 2.13. The summed E-state index contributed by atoms with van der Waals surface area (Å²) < 4.78 is 23.2. The highest BCUT2D eigenvalue weighted by Gasteiger charge is 2.19. The van der Waals surface area contributed by atoms with Crippen molar-refractivity contribution >= 4 is 32.8 Å². The van der Waals surface area contributed by atoms with Crippen molar-refractivity contribution in [1.82, 2.24) is 4.90 Å². The third-order valence-electron chi connectivity index (χ3n) is 4.32. The number of hydrogen-bond donors (Lipinski definition) is 1. The first kappa shape index (κ1) is 22.2. The predicted molar refractivity (Wildman–Crippen MR) is 112 cm³/mol. The van der Waals surface area contributed by atoms with E-state index in [9.17, 15) is 23.3 Å². The largest absolute Gasteiger partial charge is 0.378 e. The van der Waals surface area contributed by atoms with Crippen LogP contribution in [0.4, 0.5) is 17.1 Å². The number of nitrogens with one attached hydrogen (secondary N) is 1. The summed E-state index contributed by atoms with van der Waals surface area (Å²) in [6.07, 6.45) is 0.975. The van der Waals surface area contributed by atoms with Crippen molar-refractivity contribution in [1.29, 1.82) is 0 Å². The van der Waals surface area contributed by atoms with Crippen LogP contribution in [0.15, 0.2) is 47.4 Å². The highest BCUT2D eigenvalue weighted by Crippen LogP contribution is 2.27. The van der Waals surface area contributed by atoms with E-state index in [1.54, 1.807) is 7.05 Å². The molecule has 0 radical (unpaired) electrons. The molecule has 0 atom stereocenters. The lowest BCUT2D eigenvalue weighted by Gasteiger charge is -2.19. The third kappa shape index (κ3) is 5.92. The van der Waals surface area contributed by atoms with Gasteiger partial charge in [0.2, 0.25) is 5.91 Å². The summed E-state index contributed by atoms with van der Waals surface area (Å²) in [4.78, 5) is 26.3. The molecular weight excluding hydrogens is 396 g/mol. The Bertz CT molecular complexity index is 1000. The summed E-state index contributed by atoms with van der Waals surface area (Å²) in [7, 11) is 1.95. The maximum atomic E-state index is 12.4. The maximum Gasteiger partial charge on any atom is 0.293 e. The number of carbonyl (C=O) groups is 1. The van der Waals surface area contributed by atoms with Gasteiger partial charge in [-0.1, -0.05) is 12.1 Å². The Labute approximate surface area is 170 Å². The monoisotopic (exact) mass is 420 g/mol. The Morgan fingerprint density at radius 1 is 1.10 bits per heavy atom. The zero-order chi connectivity index (χ0) is 21.8. The lowest BCUT2D eigenvalue weighted by Crippen LogP contribution is -2.31. The first-order chi connectivity index (χ1) is 13.5. The number of rotatable bonds is 8. The topological polar surface area (TPSA) is 113 Å². The molecule has 0 unspecified atom stereocenters. The van der Waals surface area contributed by atoms with Crippen LogP contribution in [0.3, 0.4) is 0 Å². The van der Waals surface area contributed by atoms with Crippen LogP contribution >= 0.6 is 0 Å². The molecule has 0 saturated carbocycles. The van der Waals surface area contributed by atoms with E-state index in [2.05, 4.69) is 5.32 Å². The first-order valence-corrected chi connectivity index (χ1v) is 10.6. The minimum atomic E-state index is -3.57. The number of carbonyl (C=O) groups excluding carboxylic acids is 1. The van der Waals surface area contributed by atoms with Crippen molar-refractivity contribution in [2.24, 2.45) is 0 Å². The molecule has 0 aliphatic rings. The fourth-order valence-electron chi connectivity index (χ4n) is 2.61. The summed E-state index contributed by atoms with van der Waals surface area (Å²) in [6.45, 7) is 0.231. The Balaban J connectivity index is 2.05. The fourth-order valence-corrected chi connectivity index (χ4v) is 3.25. The average molecular weight is 420 g/mol. The van der Waals surface area contributed by atoms with Gasteiger partial charge in [-0.15, -0.1) is 0 Å². The Hall–Kier alpha value is -3.14. The number of benzene rings is 2. The second-order valence-corrected chi connectivity index (χ2v) is 8.89. The normalized spacial score (nSPS) is 11.0. The molecule has 2 aromatic carbocycles. The molecule has 0 aliphatic heterocycles. The van der Waals surface area contributed by atoms with E-state index in [1.165, 1.54) is 17.0 Å². The lowest BCUT2D eigenvalue weighted by molar-refractivity contribution is -0.384. The molecule has 0 aromatic heterocycles. The average Bonchev–Trinajstić information content (AvgIpc) is 2.65. The molecule has 9 nitrogen and oxygen atoms in total. The van der Waals surface area contributed by atoms with Crippen molar-refractivity contribution in [3.05, 3.63) is 58.1 Å². The number of anilines is 2. The number of nitro benzene ring substituents is 1. The van der Waals surface area contributed by atoms with Gasteiger partial charge in [0.1, 0.15) is 5.69 Å². The molecule has 1 amide bonds. The minimum Gasteiger partial charge on any atom is -0.378 e. The summed E-state index contributed by atoms with van der Waals surface area (Å²) in [5.74, 6) is -0.261. The Morgan fingerprint density at radius 2 is 1.72 bits per heavy atom. The number of likely N-dealkylation sites (N-methyl/N-ethyl adjacent to an activating group) is 1. The summed E-state index contributed by atoms with van der Waals surface area (Å²) in [5.41, 5.74) is 1.69. The molecule has 2 rings (SSSR count). The van der Waals surface area contributed by atoms with Gasteiger partial charge in [-0.3, -0.25) is 14.9 Å². The van der Waals surface area contributed by atoms with E-state index in [0.717, 1.165) is 23.6 Å². The summed E-state index contributed by atoms with van der Waals surface area (Å²) in [5, 5.41) is 14.0. The molecule has 0 spiro atoms. The first-order valence-electron chi connectivity index (χ1n) is 8.71. The van der Waals surface area contributed by atoms with Gasteiger partial charge < -0.3 is 15.1 Å². The highest BCUT2D eigenvalue weighted by atomic mass is 32.2. The van der Waals surface area contributed by atoms with E-state index in [-0.39, 0.29) is 23.0 Å². The van der Waals surface area contributed by atoms with E-state index < -0.39 is 20.4 Å². The maximum absolute atomic E-state index is 12.4. The van der Waals surface area contributed by atoms with Crippen molar-refractivity contribution in [2.45, 2.75) is 11.4 Å². The Kier molecular flexibility index (Phi) is 6.80. The standard InChI is InChI=1S/C19H24N4O5S/c1-21(2)15-7-5-14(6-8-15)13-22(3)19(24)12-20-17-10-9-16(29(4,27)28)11-18(17)23(25)26/h5-11,20H,12-13H2,1-4H3. The van der Waals surface area contributed by atoms with Crippen molar-refractivity contribution < 1.29 is 18.1 Å². The number of nitrogens with zero attached hydrogens (tertiary/aromatic N) is 3. The van der Waals surface area contributed by atoms with E-state index in [4.69, 9.17) is 0 Å². The Morgan fingerprint density at radius 3 is 2.24 bits per heavy atom. The van der Waals surface area contributed by atoms with Gasteiger partial charge in [0.25, 0.3) is 5.69 Å². The zero-order valence-corrected chi connectivity index (χ0v) is 17.6. The zero-order valence-electron chi connectivity index (χ0n) is 16.7. The highest BCUT2D eigenvalue weighted by molar-refractivity contribution is 7.90. The molecule has 2 aromatic rings. The molecule has 10 heteroatoms. The van der Waals surface area contributed by atoms with Crippen LogP contribution < -0.4 is 10.2 Å². The summed E-state index contributed by atoms with van der Waals surface area (Å²) in [6, 6.07) is 11.3. The molecule has 0 heterocycles. The lowest BCUT2D eigenvalue weighted by atomic mass is 10.2. The molecular formula is C19H24N4O5S. The van der Waals surface area contributed by atoms with Crippen LogP contribution in [0.2, 0.25) is 0 Å². The number of nitro groups is 1. The SMILES string of the molecule is CN(Cc1ccc(N(C)C)cc1)C(=O)CNc1ccc(S(C)(=O)=O)cc1[N+](=O)[O-]. The molecule has 0 bridgehead atoms. The van der Waals surface area contributed by atoms with Crippen molar-refractivity contribution in [3.8, 4) is 0 Å². The van der Waals surface area contributed by atoms with Crippen LogP contribution in [0.25, 0.3) is 0 Å². The smallest absolute Gasteiger partial charge is 0.293 e. The molecule has 156 valence electrons. The van der Waals surface area contributed by atoms with Gasteiger partial charge in [0.05, 0.1) is 16.4 Å². The number of hydrogen-bond acceptors (Lipinski definition) is 7. The van der Waals surface area contributed by atoms with Crippen LogP contribution in [-0.2, 0) is 21.2 Å². The van der Waals surface area contributed by atoms with Crippen LogP contribution in [-0.4, -0.2) is 58.1 Å². The molecule has 1 N–H and O–H groups in total. The van der Waals surface area contributed by atoms with Gasteiger partial charge in [-0.2, -0.15) is 0 Å². The van der Waals surface area contributed by atoms with E-state index in [1.807, 2.05) is 43.3 Å². The van der Waals surface area contributed by atoms with Gasteiger partial charge >= 0.3 is 0 Å². The van der Waals surface area contributed by atoms with Crippen LogP contribution in [0, 0.1) is 10.1 Å². The van der Waals surface area contributed by atoms with Crippen molar-refractivity contribution in [2.75, 3.05) is 44.2 Å². The second kappa shape index (κ2) is 8.91. The van der Waals surface area contributed by atoms with Gasteiger partial charge in [-0.25, -0.2) is 8.42 Å². The molecule has 0 fully saturated rings. The van der Waals surface area contributed by atoms with E-state index in [0.29, 0.717) is 6.54 Å². The number of amides is 1. The van der Waals surface area contributed by atoms with Crippen LogP contribution in [0.5, 0.6) is 0 Å². The number of sulfone groups is 1. The fraction of sp³-hybridized carbons (Fsp3) is 0.316. The summed E-state index contributed by atoms with van der Waals surface area (Å²) >= 11 is 0. The van der Waals surface area contributed by atoms with Crippen LogP contribution in [0.1, 0.15) is 5.56 Å². The second-order valence-electron chi connectivity index (χ2n) is 6.87. The van der Waals surface area contributed by atoms with Gasteiger partial charge in [0, 0.05) is 45.7 Å². The quantitative estimate of drug-likeness (QED) is 0.514.